The first-order chi connectivity index (χ1) is 6.27. The fourth-order valence-corrected chi connectivity index (χ4v) is 1.57. The lowest BCUT2D eigenvalue weighted by Crippen LogP contribution is -2.36. The first-order valence-electron chi connectivity index (χ1n) is 4.23. The summed E-state index contributed by atoms with van der Waals surface area (Å²) in [6.45, 7) is 1.92. The monoisotopic (exact) mass is 199 g/mol. The molecule has 1 rings (SSSR count). The van der Waals surface area contributed by atoms with Crippen molar-refractivity contribution in [3.63, 3.8) is 0 Å². The molecule has 0 aromatic carbocycles. The minimum absolute atomic E-state index is 0.00633. The van der Waals surface area contributed by atoms with Gasteiger partial charge in [0.05, 0.1) is 17.5 Å². The Morgan fingerprint density at radius 1 is 1.77 bits per heavy atom. The number of nitrogens with one attached hydrogen (secondary N) is 1. The lowest BCUT2D eigenvalue weighted by Gasteiger charge is -2.12. The van der Waals surface area contributed by atoms with Gasteiger partial charge < -0.3 is 10.4 Å². The minimum atomic E-state index is -0.130. The van der Waals surface area contributed by atoms with E-state index in [2.05, 4.69) is 5.32 Å². The van der Waals surface area contributed by atoms with Gasteiger partial charge in [0.15, 0.2) is 0 Å². The fourth-order valence-electron chi connectivity index (χ4n) is 0.941. The van der Waals surface area contributed by atoms with Crippen molar-refractivity contribution < 1.29 is 9.90 Å². The minimum Gasteiger partial charge on any atom is -0.394 e. The zero-order valence-corrected chi connectivity index (χ0v) is 8.30. The van der Waals surface area contributed by atoms with Crippen LogP contribution in [0.1, 0.15) is 23.0 Å². The van der Waals surface area contributed by atoms with E-state index in [4.69, 9.17) is 5.11 Å². The summed E-state index contributed by atoms with van der Waals surface area (Å²) in [6, 6.07) is 3.47. The Bertz CT molecular complexity index is 255. The van der Waals surface area contributed by atoms with Crippen LogP contribution in [0.2, 0.25) is 0 Å². The molecule has 0 spiro atoms. The summed E-state index contributed by atoms with van der Waals surface area (Å²) in [5.74, 6) is -0.101. The van der Waals surface area contributed by atoms with Crippen LogP contribution in [0.4, 0.5) is 0 Å². The average molecular weight is 199 g/mol. The number of rotatable bonds is 4. The molecule has 1 atom stereocenters. The van der Waals surface area contributed by atoms with Gasteiger partial charge in [0.25, 0.3) is 5.91 Å². The quantitative estimate of drug-likeness (QED) is 0.766. The Morgan fingerprint density at radius 3 is 3.00 bits per heavy atom. The molecule has 1 aromatic rings. The van der Waals surface area contributed by atoms with Crippen LogP contribution in [-0.4, -0.2) is 23.7 Å². The molecule has 3 nitrogen and oxygen atoms in total. The Labute approximate surface area is 81.4 Å². The van der Waals surface area contributed by atoms with Gasteiger partial charge in [0.2, 0.25) is 0 Å². The molecule has 0 aliphatic heterocycles. The maximum absolute atomic E-state index is 11.4. The van der Waals surface area contributed by atoms with Crippen LogP contribution >= 0.6 is 11.3 Å². The fraction of sp³-hybridized carbons (Fsp3) is 0.444. The van der Waals surface area contributed by atoms with Gasteiger partial charge in [-0.25, -0.2) is 0 Å². The summed E-state index contributed by atoms with van der Waals surface area (Å²) in [5, 5.41) is 13.5. The largest absolute Gasteiger partial charge is 0.394 e. The number of aliphatic hydroxyl groups excluding tert-OH is 1. The van der Waals surface area contributed by atoms with Crippen molar-refractivity contribution in [1.82, 2.24) is 5.32 Å². The van der Waals surface area contributed by atoms with Crippen LogP contribution < -0.4 is 5.32 Å². The van der Waals surface area contributed by atoms with Gasteiger partial charge in [-0.05, 0) is 17.9 Å². The zero-order chi connectivity index (χ0) is 9.68. The summed E-state index contributed by atoms with van der Waals surface area (Å²) in [7, 11) is 0. The second-order valence-corrected chi connectivity index (χ2v) is 3.69. The van der Waals surface area contributed by atoms with Crippen LogP contribution in [0.5, 0.6) is 0 Å². The van der Waals surface area contributed by atoms with E-state index in [1.807, 2.05) is 18.4 Å². The number of aliphatic hydroxyl groups is 1. The van der Waals surface area contributed by atoms with E-state index in [-0.39, 0.29) is 18.6 Å². The number of carbonyl (C=O) groups excluding carboxylic acids is 1. The van der Waals surface area contributed by atoms with Crippen molar-refractivity contribution in [1.29, 1.82) is 0 Å². The highest BCUT2D eigenvalue weighted by Crippen LogP contribution is 2.08. The topological polar surface area (TPSA) is 49.3 Å². The maximum atomic E-state index is 11.4. The molecule has 0 saturated carbocycles. The molecule has 0 unspecified atom stereocenters. The first kappa shape index (κ1) is 10.2. The molecule has 2 N–H and O–H groups in total. The van der Waals surface area contributed by atoms with Gasteiger partial charge in [-0.2, -0.15) is 0 Å². The van der Waals surface area contributed by atoms with E-state index in [0.29, 0.717) is 4.88 Å². The third-order valence-electron chi connectivity index (χ3n) is 1.79. The van der Waals surface area contributed by atoms with Gasteiger partial charge in [-0.1, -0.05) is 13.0 Å². The Hall–Kier alpha value is -0.870. The van der Waals surface area contributed by atoms with Crippen molar-refractivity contribution in [3.05, 3.63) is 22.4 Å². The summed E-state index contributed by atoms with van der Waals surface area (Å²) in [5.41, 5.74) is 0. The molecule has 0 saturated heterocycles. The molecule has 13 heavy (non-hydrogen) atoms. The van der Waals surface area contributed by atoms with Gasteiger partial charge in [-0.3, -0.25) is 4.79 Å². The maximum Gasteiger partial charge on any atom is 0.261 e. The summed E-state index contributed by atoms with van der Waals surface area (Å²) in [6.07, 6.45) is 0.744. The number of hydrogen-bond acceptors (Lipinski definition) is 3. The predicted molar refractivity (Wildman–Crippen MR) is 53.0 cm³/mol. The van der Waals surface area contributed by atoms with E-state index in [0.717, 1.165) is 6.42 Å². The molecule has 72 valence electrons. The molecule has 0 aliphatic rings. The third kappa shape index (κ3) is 2.82. The molecule has 0 aliphatic carbocycles. The lowest BCUT2D eigenvalue weighted by molar-refractivity contribution is 0.0919. The second-order valence-electron chi connectivity index (χ2n) is 2.74. The van der Waals surface area contributed by atoms with Gasteiger partial charge in [0.1, 0.15) is 0 Å². The van der Waals surface area contributed by atoms with Crippen molar-refractivity contribution >= 4 is 17.2 Å². The summed E-state index contributed by atoms with van der Waals surface area (Å²) in [4.78, 5) is 12.1. The van der Waals surface area contributed by atoms with Crippen LogP contribution in [0.25, 0.3) is 0 Å². The zero-order valence-electron chi connectivity index (χ0n) is 7.49. The molecular weight excluding hydrogens is 186 g/mol. The number of amides is 1. The molecule has 1 amide bonds. The highest BCUT2D eigenvalue weighted by Gasteiger charge is 2.11. The predicted octanol–water partition coefficient (Wildman–Crippen LogP) is 1.25. The van der Waals surface area contributed by atoms with Crippen molar-refractivity contribution in [2.75, 3.05) is 6.61 Å². The number of hydrogen-bond donors (Lipinski definition) is 2. The van der Waals surface area contributed by atoms with Gasteiger partial charge in [-0.15, -0.1) is 11.3 Å². The van der Waals surface area contributed by atoms with Crippen molar-refractivity contribution in [3.8, 4) is 0 Å². The molecule has 0 radical (unpaired) electrons. The summed E-state index contributed by atoms with van der Waals surface area (Å²) < 4.78 is 0. The van der Waals surface area contributed by atoms with Crippen LogP contribution in [0, 0.1) is 0 Å². The Morgan fingerprint density at radius 2 is 2.54 bits per heavy atom. The van der Waals surface area contributed by atoms with E-state index in [1.54, 1.807) is 6.07 Å². The molecule has 0 bridgehead atoms. The van der Waals surface area contributed by atoms with Gasteiger partial charge in [0, 0.05) is 0 Å². The first-order valence-corrected chi connectivity index (χ1v) is 5.11. The standard InChI is InChI=1S/C9H13NO2S/c1-2-7(6-11)10-9(12)8-4-3-5-13-8/h3-5,7,11H,2,6H2,1H3,(H,10,12)/t7-/m1/s1. The lowest BCUT2D eigenvalue weighted by atomic mass is 10.2. The molecule has 4 heteroatoms. The SMILES string of the molecule is CC[C@H](CO)NC(=O)c1cccs1. The molecule has 1 heterocycles. The van der Waals surface area contributed by atoms with Crippen molar-refractivity contribution in [2.45, 2.75) is 19.4 Å². The number of thiophene rings is 1. The highest BCUT2D eigenvalue weighted by molar-refractivity contribution is 7.12. The molecule has 1 aromatic heterocycles. The Kier molecular flexibility index (Phi) is 3.92. The van der Waals surface area contributed by atoms with Crippen LogP contribution in [0.15, 0.2) is 17.5 Å². The van der Waals surface area contributed by atoms with Crippen LogP contribution in [-0.2, 0) is 0 Å². The third-order valence-corrected chi connectivity index (χ3v) is 2.66. The van der Waals surface area contributed by atoms with E-state index in [9.17, 15) is 4.79 Å². The highest BCUT2D eigenvalue weighted by atomic mass is 32.1. The average Bonchev–Trinajstić information content (AvgIpc) is 2.66. The van der Waals surface area contributed by atoms with Crippen molar-refractivity contribution in [2.24, 2.45) is 0 Å². The molecule has 0 fully saturated rings. The normalized spacial score (nSPS) is 12.5. The number of carbonyl (C=O) groups is 1. The van der Waals surface area contributed by atoms with E-state index in [1.165, 1.54) is 11.3 Å². The van der Waals surface area contributed by atoms with Gasteiger partial charge >= 0.3 is 0 Å². The van der Waals surface area contributed by atoms with E-state index >= 15 is 0 Å². The van der Waals surface area contributed by atoms with E-state index < -0.39 is 0 Å². The second kappa shape index (κ2) is 4.99. The smallest absolute Gasteiger partial charge is 0.261 e. The Balaban J connectivity index is 2.50. The summed E-state index contributed by atoms with van der Waals surface area (Å²) >= 11 is 1.40. The van der Waals surface area contributed by atoms with Crippen LogP contribution in [0.3, 0.4) is 0 Å². The molecular formula is C9H13NO2S.